The lowest BCUT2D eigenvalue weighted by molar-refractivity contribution is 1.07. The summed E-state index contributed by atoms with van der Waals surface area (Å²) in [7, 11) is 0. The fraction of sp³-hybridized carbons (Fsp3) is 0.333. The maximum atomic E-state index is 5.54. The van der Waals surface area contributed by atoms with Gasteiger partial charge in [0.15, 0.2) is 0 Å². The quantitative estimate of drug-likeness (QED) is 0.594. The van der Waals surface area contributed by atoms with Crippen molar-refractivity contribution in [1.82, 2.24) is 0 Å². The van der Waals surface area contributed by atoms with Gasteiger partial charge < -0.3 is 5.73 Å². The molecule has 56 valence electrons. The van der Waals surface area contributed by atoms with E-state index in [4.69, 9.17) is 5.73 Å². The lowest BCUT2D eigenvalue weighted by Crippen LogP contribution is -1.92. The van der Waals surface area contributed by atoms with Crippen molar-refractivity contribution in [1.29, 1.82) is 0 Å². The Bertz CT molecular complexity index is 152. The van der Waals surface area contributed by atoms with Crippen LogP contribution in [0.5, 0.6) is 0 Å². The Kier molecular flexibility index (Phi) is 5.54. The van der Waals surface area contributed by atoms with Gasteiger partial charge in [-0.2, -0.15) is 0 Å². The van der Waals surface area contributed by atoms with Crippen LogP contribution in [-0.4, -0.2) is 0 Å². The van der Waals surface area contributed by atoms with E-state index in [1.165, 1.54) is 0 Å². The van der Waals surface area contributed by atoms with Gasteiger partial charge in [0.1, 0.15) is 0 Å². The number of hydrogen-bond donors (Lipinski definition) is 1. The molecule has 0 aromatic carbocycles. The molecule has 0 bridgehead atoms. The smallest absolute Gasteiger partial charge is 0.00776 e. The summed E-state index contributed by atoms with van der Waals surface area (Å²) in [4.78, 5) is 0. The van der Waals surface area contributed by atoms with Crippen LogP contribution in [0.1, 0.15) is 20.3 Å². The molecule has 0 fully saturated rings. The third kappa shape index (κ3) is 5.16. The molecule has 0 heterocycles. The van der Waals surface area contributed by atoms with Crippen molar-refractivity contribution in [2.45, 2.75) is 20.3 Å². The van der Waals surface area contributed by atoms with Gasteiger partial charge in [0.25, 0.3) is 0 Å². The molecule has 0 rings (SSSR count). The van der Waals surface area contributed by atoms with Crippen LogP contribution in [0.2, 0.25) is 0 Å². The second-order valence-electron chi connectivity index (χ2n) is 2.01. The van der Waals surface area contributed by atoms with Gasteiger partial charge in [-0.15, -0.1) is 0 Å². The Hall–Kier alpha value is -0.980. The molecule has 2 N–H and O–H groups in total. The van der Waals surface area contributed by atoms with Gasteiger partial charge in [-0.3, -0.25) is 0 Å². The van der Waals surface area contributed by atoms with Crippen molar-refractivity contribution in [3.8, 4) is 0 Å². The maximum Gasteiger partial charge on any atom is 0.00776 e. The molecular formula is C9H15N. The standard InChI is InChI=1S/C9H15N/c1-3-5-6-7-8-9(10)4-2/h3,5-8H,4,10H2,1-2H3/b5-3-,7-6-,9-8-. The summed E-state index contributed by atoms with van der Waals surface area (Å²) in [5, 5.41) is 0. The van der Waals surface area contributed by atoms with Gasteiger partial charge >= 0.3 is 0 Å². The van der Waals surface area contributed by atoms with E-state index in [0.29, 0.717) is 0 Å². The molecular weight excluding hydrogens is 122 g/mol. The van der Waals surface area contributed by atoms with Crippen molar-refractivity contribution in [3.63, 3.8) is 0 Å². The molecule has 1 nitrogen and oxygen atoms in total. The third-order valence-electron chi connectivity index (χ3n) is 1.13. The van der Waals surface area contributed by atoms with Crippen molar-refractivity contribution in [2.75, 3.05) is 0 Å². The highest BCUT2D eigenvalue weighted by Gasteiger charge is 1.76. The summed E-state index contributed by atoms with van der Waals surface area (Å²) in [6.45, 7) is 4.02. The van der Waals surface area contributed by atoms with Crippen molar-refractivity contribution in [3.05, 3.63) is 36.1 Å². The van der Waals surface area contributed by atoms with E-state index in [1.807, 2.05) is 44.2 Å². The SMILES string of the molecule is C\C=C/C=C\C=C(/N)CC. The molecule has 0 spiro atoms. The molecule has 0 aliphatic rings. The minimum atomic E-state index is 0.917. The van der Waals surface area contributed by atoms with Crippen LogP contribution in [-0.2, 0) is 0 Å². The zero-order chi connectivity index (χ0) is 7.82. The highest BCUT2D eigenvalue weighted by Crippen LogP contribution is 1.90. The molecule has 10 heavy (non-hydrogen) atoms. The van der Waals surface area contributed by atoms with Crippen LogP contribution in [0.3, 0.4) is 0 Å². The predicted molar refractivity (Wildman–Crippen MR) is 46.5 cm³/mol. The van der Waals surface area contributed by atoms with E-state index in [0.717, 1.165) is 12.1 Å². The highest BCUT2D eigenvalue weighted by molar-refractivity contribution is 5.14. The molecule has 0 atom stereocenters. The second-order valence-corrected chi connectivity index (χ2v) is 2.01. The molecule has 0 amide bonds. The zero-order valence-electron chi connectivity index (χ0n) is 6.67. The Labute approximate surface area is 62.9 Å². The molecule has 1 heteroatoms. The molecule has 0 unspecified atom stereocenters. The molecule has 0 aliphatic heterocycles. The Morgan fingerprint density at radius 2 is 2.00 bits per heavy atom. The Morgan fingerprint density at radius 3 is 2.50 bits per heavy atom. The molecule has 0 saturated carbocycles. The van der Waals surface area contributed by atoms with E-state index in [9.17, 15) is 0 Å². The normalized spacial score (nSPS) is 13.6. The van der Waals surface area contributed by atoms with Gasteiger partial charge in [-0.1, -0.05) is 31.2 Å². The van der Waals surface area contributed by atoms with Crippen molar-refractivity contribution >= 4 is 0 Å². The van der Waals surface area contributed by atoms with E-state index in [2.05, 4.69) is 0 Å². The number of nitrogens with two attached hydrogens (primary N) is 1. The van der Waals surface area contributed by atoms with Crippen LogP contribution in [0.15, 0.2) is 36.1 Å². The third-order valence-corrected chi connectivity index (χ3v) is 1.13. The van der Waals surface area contributed by atoms with Gasteiger partial charge in [-0.25, -0.2) is 0 Å². The van der Waals surface area contributed by atoms with E-state index in [-0.39, 0.29) is 0 Å². The Morgan fingerprint density at radius 1 is 1.30 bits per heavy atom. The van der Waals surface area contributed by atoms with Gasteiger partial charge in [0, 0.05) is 5.70 Å². The summed E-state index contributed by atoms with van der Waals surface area (Å²) >= 11 is 0. The summed E-state index contributed by atoms with van der Waals surface area (Å²) in [6, 6.07) is 0. The zero-order valence-corrected chi connectivity index (χ0v) is 6.67. The largest absolute Gasteiger partial charge is 0.402 e. The molecule has 0 aliphatic carbocycles. The first-order valence-corrected chi connectivity index (χ1v) is 3.55. The van der Waals surface area contributed by atoms with Crippen LogP contribution in [0.4, 0.5) is 0 Å². The first kappa shape index (κ1) is 9.02. The van der Waals surface area contributed by atoms with E-state index in [1.54, 1.807) is 0 Å². The summed E-state index contributed by atoms with van der Waals surface area (Å²) < 4.78 is 0. The predicted octanol–water partition coefficient (Wildman–Crippen LogP) is 2.37. The van der Waals surface area contributed by atoms with E-state index < -0.39 is 0 Å². The van der Waals surface area contributed by atoms with Crippen LogP contribution in [0, 0.1) is 0 Å². The van der Waals surface area contributed by atoms with Crippen LogP contribution < -0.4 is 5.73 Å². The fourth-order valence-electron chi connectivity index (χ4n) is 0.472. The number of allylic oxidation sites excluding steroid dienone is 6. The second kappa shape index (κ2) is 6.14. The van der Waals surface area contributed by atoms with Crippen LogP contribution >= 0.6 is 0 Å². The lowest BCUT2D eigenvalue weighted by Gasteiger charge is -1.88. The van der Waals surface area contributed by atoms with Gasteiger partial charge in [0.2, 0.25) is 0 Å². The fourth-order valence-corrected chi connectivity index (χ4v) is 0.472. The lowest BCUT2D eigenvalue weighted by atomic mass is 10.3. The van der Waals surface area contributed by atoms with Gasteiger partial charge in [-0.05, 0) is 19.4 Å². The molecule has 0 aromatic rings. The number of rotatable bonds is 3. The van der Waals surface area contributed by atoms with Crippen molar-refractivity contribution < 1.29 is 0 Å². The monoisotopic (exact) mass is 137 g/mol. The maximum absolute atomic E-state index is 5.54. The Balaban J connectivity index is 3.70. The molecule has 0 saturated heterocycles. The summed E-state index contributed by atoms with van der Waals surface area (Å²) in [5.74, 6) is 0. The molecule has 0 radical (unpaired) electrons. The van der Waals surface area contributed by atoms with Crippen LogP contribution in [0.25, 0.3) is 0 Å². The van der Waals surface area contributed by atoms with E-state index >= 15 is 0 Å². The minimum Gasteiger partial charge on any atom is -0.402 e. The highest BCUT2D eigenvalue weighted by atomic mass is 14.6. The van der Waals surface area contributed by atoms with Crippen molar-refractivity contribution in [2.24, 2.45) is 5.73 Å². The topological polar surface area (TPSA) is 26.0 Å². The first-order valence-electron chi connectivity index (χ1n) is 3.55. The summed E-state index contributed by atoms with van der Waals surface area (Å²) in [5.41, 5.74) is 6.46. The number of hydrogen-bond acceptors (Lipinski definition) is 1. The summed E-state index contributed by atoms with van der Waals surface area (Å²) in [6.07, 6.45) is 10.7. The minimum absolute atomic E-state index is 0.917. The average molecular weight is 137 g/mol. The molecule has 0 aromatic heterocycles. The average Bonchev–Trinajstić information content (AvgIpc) is 1.98. The first-order chi connectivity index (χ1) is 4.81. The van der Waals surface area contributed by atoms with Gasteiger partial charge in [0.05, 0.1) is 0 Å².